The number of hydrogen-bond donors (Lipinski definition) is 0. The normalized spacial score (nSPS) is 12.3. The Labute approximate surface area is 322 Å². The molecule has 5 aromatic heterocycles. The van der Waals surface area contributed by atoms with E-state index in [1.54, 1.807) is 11.3 Å². The molecule has 0 atom stereocenters. The Morgan fingerprint density at radius 3 is 1.80 bits per heavy atom. The monoisotopic (exact) mass is 732 g/mol. The zero-order chi connectivity index (χ0) is 36.5. The highest BCUT2D eigenvalue weighted by Gasteiger charge is 2.24. The van der Waals surface area contributed by atoms with Crippen molar-refractivity contribution < 1.29 is 4.42 Å². The van der Waals surface area contributed by atoms with Crippen molar-refractivity contribution in [1.82, 2.24) is 19.1 Å². The molecule has 0 spiro atoms. The Bertz CT molecular complexity index is 3720. The van der Waals surface area contributed by atoms with E-state index in [9.17, 15) is 0 Å². The highest BCUT2D eigenvalue weighted by molar-refractivity contribution is 7.26. The molecule has 0 aliphatic rings. The lowest BCUT2D eigenvalue weighted by atomic mass is 10.0. The fourth-order valence-electron chi connectivity index (χ4n) is 9.18. The summed E-state index contributed by atoms with van der Waals surface area (Å²) in [4.78, 5) is 10.8. The maximum atomic E-state index is 7.14. The fourth-order valence-corrected chi connectivity index (χ4v) is 10.3. The van der Waals surface area contributed by atoms with E-state index < -0.39 is 0 Å². The highest BCUT2D eigenvalue weighted by atomic mass is 32.1. The van der Waals surface area contributed by atoms with Crippen LogP contribution >= 0.6 is 11.3 Å². The molecular weight excluding hydrogens is 705 g/mol. The van der Waals surface area contributed by atoms with Gasteiger partial charge in [0.05, 0.1) is 49.1 Å². The summed E-state index contributed by atoms with van der Waals surface area (Å²) in [5.41, 5.74) is 10.2. The van der Waals surface area contributed by atoms with Gasteiger partial charge < -0.3 is 8.98 Å². The second-order valence-corrected chi connectivity index (χ2v) is 15.5. The van der Waals surface area contributed by atoms with E-state index in [2.05, 4.69) is 173 Å². The van der Waals surface area contributed by atoms with Crippen LogP contribution in [0.5, 0.6) is 0 Å². The Morgan fingerprint density at radius 2 is 1.05 bits per heavy atom. The van der Waals surface area contributed by atoms with Gasteiger partial charge in [0.25, 0.3) is 0 Å². The maximum absolute atomic E-state index is 7.14. The first kappa shape index (κ1) is 30.1. The third-order valence-corrected chi connectivity index (χ3v) is 12.7. The van der Waals surface area contributed by atoms with Crippen LogP contribution < -0.4 is 0 Å². The Kier molecular flexibility index (Phi) is 5.98. The van der Waals surface area contributed by atoms with Gasteiger partial charge in [0.15, 0.2) is 0 Å². The van der Waals surface area contributed by atoms with Gasteiger partial charge in [0, 0.05) is 54.0 Å². The van der Waals surface area contributed by atoms with Gasteiger partial charge in [0.2, 0.25) is 5.95 Å². The molecule has 13 rings (SSSR count). The summed E-state index contributed by atoms with van der Waals surface area (Å²) in [5.74, 6) is 0.640. The zero-order valence-corrected chi connectivity index (χ0v) is 30.6. The lowest BCUT2D eigenvalue weighted by Crippen LogP contribution is -2.02. The first-order valence-electron chi connectivity index (χ1n) is 18.8. The standard InChI is InChI=1S/C50H28N4OS/c1-2-14-29(15-3-1)46-49-47(35-21-9-13-25-43(35)56-49)52-50(51-46)54-39-24-12-8-20-34(39)45-40(54)27-26-36-44-33-19-5-4-18-32(33)41(28-42(44)55-48(36)45)53-37-22-10-6-16-30(37)31-17-7-11-23-38(31)53/h1-28H. The molecule has 0 amide bonds. The maximum Gasteiger partial charge on any atom is 0.235 e. The predicted molar refractivity (Wildman–Crippen MR) is 234 cm³/mol. The minimum absolute atomic E-state index is 0.640. The molecule has 0 aliphatic heterocycles. The van der Waals surface area contributed by atoms with Crippen LogP contribution in [-0.2, 0) is 0 Å². The molecule has 6 heteroatoms. The number of benzene rings is 8. The average molecular weight is 733 g/mol. The van der Waals surface area contributed by atoms with Crippen LogP contribution in [0.3, 0.4) is 0 Å². The average Bonchev–Trinajstić information content (AvgIpc) is 4.01. The molecule has 0 saturated heterocycles. The molecule has 0 aliphatic carbocycles. The van der Waals surface area contributed by atoms with Crippen molar-refractivity contribution in [2.24, 2.45) is 0 Å². The van der Waals surface area contributed by atoms with Crippen molar-refractivity contribution in [2.45, 2.75) is 0 Å². The minimum atomic E-state index is 0.640. The van der Waals surface area contributed by atoms with Gasteiger partial charge in [0.1, 0.15) is 11.2 Å². The summed E-state index contributed by atoms with van der Waals surface area (Å²) in [7, 11) is 0. The van der Waals surface area contributed by atoms with Crippen molar-refractivity contribution in [3.05, 3.63) is 170 Å². The molecule has 56 heavy (non-hydrogen) atoms. The summed E-state index contributed by atoms with van der Waals surface area (Å²) in [6.45, 7) is 0. The molecule has 0 bridgehead atoms. The van der Waals surface area contributed by atoms with Crippen LogP contribution in [0.25, 0.3) is 120 Å². The summed E-state index contributed by atoms with van der Waals surface area (Å²) in [6.07, 6.45) is 0. The summed E-state index contributed by atoms with van der Waals surface area (Å²) < 4.78 is 14.0. The number of furan rings is 1. The Hall–Kier alpha value is -7.28. The van der Waals surface area contributed by atoms with Crippen LogP contribution in [-0.4, -0.2) is 19.1 Å². The topological polar surface area (TPSA) is 48.8 Å². The Morgan fingerprint density at radius 1 is 0.446 bits per heavy atom. The molecule has 260 valence electrons. The summed E-state index contributed by atoms with van der Waals surface area (Å²) in [6, 6.07) is 60.3. The van der Waals surface area contributed by atoms with Gasteiger partial charge in [-0.2, -0.15) is 0 Å². The molecule has 0 radical (unpaired) electrons. The number of rotatable bonds is 3. The van der Waals surface area contributed by atoms with Crippen LogP contribution in [0.15, 0.2) is 174 Å². The Balaban J connectivity index is 1.14. The van der Waals surface area contributed by atoms with E-state index in [0.717, 1.165) is 81.7 Å². The lowest BCUT2D eigenvalue weighted by molar-refractivity contribution is 0.673. The van der Waals surface area contributed by atoms with Gasteiger partial charge in [-0.3, -0.25) is 4.57 Å². The van der Waals surface area contributed by atoms with E-state index in [4.69, 9.17) is 14.4 Å². The second kappa shape index (κ2) is 11.1. The molecule has 5 nitrogen and oxygen atoms in total. The van der Waals surface area contributed by atoms with E-state index in [-0.39, 0.29) is 0 Å². The van der Waals surface area contributed by atoms with Gasteiger partial charge in [-0.05, 0) is 41.8 Å². The van der Waals surface area contributed by atoms with Crippen LogP contribution in [0.1, 0.15) is 0 Å². The molecule has 5 heterocycles. The van der Waals surface area contributed by atoms with Crippen molar-refractivity contribution >= 4 is 108 Å². The largest absolute Gasteiger partial charge is 0.455 e. The molecule has 8 aromatic carbocycles. The van der Waals surface area contributed by atoms with Gasteiger partial charge >= 0.3 is 0 Å². The number of nitrogens with zero attached hydrogens (tertiary/aromatic N) is 4. The highest BCUT2D eigenvalue weighted by Crippen LogP contribution is 2.46. The third-order valence-electron chi connectivity index (χ3n) is 11.5. The van der Waals surface area contributed by atoms with Gasteiger partial charge in [-0.25, -0.2) is 9.97 Å². The minimum Gasteiger partial charge on any atom is -0.455 e. The zero-order valence-electron chi connectivity index (χ0n) is 29.8. The number of hydrogen-bond acceptors (Lipinski definition) is 4. The van der Waals surface area contributed by atoms with Crippen molar-refractivity contribution in [1.29, 1.82) is 0 Å². The number of fused-ring (bicyclic) bond motifs is 15. The number of para-hydroxylation sites is 3. The smallest absolute Gasteiger partial charge is 0.235 e. The van der Waals surface area contributed by atoms with Crippen LogP contribution in [0, 0.1) is 0 Å². The first-order chi connectivity index (χ1) is 27.8. The van der Waals surface area contributed by atoms with E-state index in [1.807, 2.05) is 6.07 Å². The quantitative estimate of drug-likeness (QED) is 0.182. The molecule has 0 fully saturated rings. The predicted octanol–water partition coefficient (Wildman–Crippen LogP) is 13.8. The second-order valence-electron chi connectivity index (χ2n) is 14.5. The van der Waals surface area contributed by atoms with Gasteiger partial charge in [-0.15, -0.1) is 11.3 Å². The first-order valence-corrected chi connectivity index (χ1v) is 19.7. The number of thiophene rings is 1. The SMILES string of the molecule is c1ccc(-c2nc(-n3c4ccccc4c4c5oc6cc(-n7c8ccccc8c8ccccc87)c7ccccc7c6c5ccc43)nc3c2sc2ccccc23)cc1. The van der Waals surface area contributed by atoms with E-state index >= 15 is 0 Å². The molecule has 0 unspecified atom stereocenters. The number of aromatic nitrogens is 4. The van der Waals surface area contributed by atoms with E-state index in [1.165, 1.54) is 31.9 Å². The molecular formula is C50H28N4OS. The summed E-state index contributed by atoms with van der Waals surface area (Å²) in [5, 5.41) is 10.3. The molecule has 0 N–H and O–H groups in total. The van der Waals surface area contributed by atoms with Crippen LogP contribution in [0.2, 0.25) is 0 Å². The molecule has 13 aromatic rings. The van der Waals surface area contributed by atoms with Gasteiger partial charge in [-0.1, -0.05) is 127 Å². The van der Waals surface area contributed by atoms with Crippen molar-refractivity contribution in [2.75, 3.05) is 0 Å². The van der Waals surface area contributed by atoms with Crippen molar-refractivity contribution in [3.8, 4) is 22.9 Å². The summed E-state index contributed by atoms with van der Waals surface area (Å²) >= 11 is 1.75. The van der Waals surface area contributed by atoms with E-state index in [0.29, 0.717) is 5.95 Å². The fraction of sp³-hybridized carbons (Fsp3) is 0. The van der Waals surface area contributed by atoms with Crippen molar-refractivity contribution in [3.63, 3.8) is 0 Å². The third kappa shape index (κ3) is 3.98. The van der Waals surface area contributed by atoms with Crippen LogP contribution in [0.4, 0.5) is 0 Å². The molecule has 0 saturated carbocycles. The lowest BCUT2D eigenvalue weighted by Gasteiger charge is -2.12.